The minimum atomic E-state index is 0.931. The first-order valence-corrected chi connectivity index (χ1v) is 3.73. The molecule has 1 rings (SSSR count). The van der Waals surface area contributed by atoms with Crippen molar-refractivity contribution in [1.82, 2.24) is 4.81 Å². The van der Waals surface area contributed by atoms with Gasteiger partial charge in [-0.15, -0.1) is 0 Å². The molecule has 0 radical (unpaired) electrons. The Morgan fingerprint density at radius 3 is 2.67 bits per heavy atom. The Hall–Kier alpha value is -0.0151. The smallest absolute Gasteiger partial charge is 0.204 e. The Kier molecular flexibility index (Phi) is 3.08. The fourth-order valence-electron chi connectivity index (χ4n) is 1.14. The van der Waals surface area contributed by atoms with E-state index >= 15 is 0 Å². The van der Waals surface area contributed by atoms with Crippen LogP contribution in [-0.4, -0.2) is 38.5 Å². The highest BCUT2D eigenvalue weighted by molar-refractivity contribution is 6.31. The highest BCUT2D eigenvalue weighted by atomic mass is 16.5. The predicted octanol–water partition coefficient (Wildman–Crippen LogP) is 0.108. The first kappa shape index (κ1) is 7.10. The van der Waals surface area contributed by atoms with E-state index in [2.05, 4.69) is 11.7 Å². The first-order valence-electron chi connectivity index (χ1n) is 3.73. The number of ether oxygens (including phenoxy) is 1. The molecule has 0 aliphatic carbocycles. The molecule has 3 heteroatoms. The molecular formula is C6H14BNO. The molecule has 52 valence electrons. The maximum absolute atomic E-state index is 5.20. The molecule has 1 heterocycles. The zero-order valence-corrected chi connectivity index (χ0v) is 6.10. The Balaban J connectivity index is 2.08. The summed E-state index contributed by atoms with van der Waals surface area (Å²) >= 11 is 0. The van der Waals surface area contributed by atoms with E-state index in [1.165, 1.54) is 13.7 Å². The number of hydrogen-bond donors (Lipinski definition) is 0. The van der Waals surface area contributed by atoms with Crippen LogP contribution in [0.1, 0.15) is 6.92 Å². The van der Waals surface area contributed by atoms with Gasteiger partial charge in [-0.25, -0.2) is 0 Å². The summed E-state index contributed by atoms with van der Waals surface area (Å²) < 4.78 is 5.20. The summed E-state index contributed by atoms with van der Waals surface area (Å²) in [7, 11) is 1.24. The van der Waals surface area contributed by atoms with Crippen LogP contribution in [0.2, 0.25) is 6.32 Å². The SMILES string of the molecule is CCBN1CCOCC1. The van der Waals surface area contributed by atoms with E-state index < -0.39 is 0 Å². The molecule has 0 amide bonds. The topological polar surface area (TPSA) is 12.5 Å². The van der Waals surface area contributed by atoms with Gasteiger partial charge in [0, 0.05) is 13.1 Å². The van der Waals surface area contributed by atoms with Gasteiger partial charge in [0.25, 0.3) is 0 Å². The lowest BCUT2D eigenvalue weighted by atomic mass is 9.87. The zero-order valence-electron chi connectivity index (χ0n) is 6.10. The van der Waals surface area contributed by atoms with Gasteiger partial charge in [-0.05, 0) is 0 Å². The highest BCUT2D eigenvalue weighted by Crippen LogP contribution is 1.94. The molecule has 0 atom stereocenters. The maximum atomic E-state index is 5.20. The fourth-order valence-corrected chi connectivity index (χ4v) is 1.14. The van der Waals surface area contributed by atoms with E-state index in [0.29, 0.717) is 0 Å². The minimum Gasteiger partial charge on any atom is -0.379 e. The quantitative estimate of drug-likeness (QED) is 0.488. The van der Waals surface area contributed by atoms with E-state index in [0.717, 1.165) is 26.3 Å². The number of nitrogens with zero attached hydrogens (tertiary/aromatic N) is 1. The third-order valence-corrected chi connectivity index (χ3v) is 1.64. The van der Waals surface area contributed by atoms with Gasteiger partial charge in [-0.2, -0.15) is 0 Å². The molecule has 0 saturated carbocycles. The van der Waals surface area contributed by atoms with E-state index in [9.17, 15) is 0 Å². The van der Waals surface area contributed by atoms with E-state index in [4.69, 9.17) is 4.74 Å². The molecule has 1 saturated heterocycles. The van der Waals surface area contributed by atoms with Crippen LogP contribution in [0.25, 0.3) is 0 Å². The summed E-state index contributed by atoms with van der Waals surface area (Å²) in [4.78, 5) is 2.45. The van der Waals surface area contributed by atoms with Crippen LogP contribution in [0.4, 0.5) is 0 Å². The van der Waals surface area contributed by atoms with Crippen molar-refractivity contribution >= 4 is 7.41 Å². The lowest BCUT2D eigenvalue weighted by molar-refractivity contribution is 0.0724. The van der Waals surface area contributed by atoms with Gasteiger partial charge >= 0.3 is 0 Å². The van der Waals surface area contributed by atoms with E-state index in [-0.39, 0.29) is 0 Å². The van der Waals surface area contributed by atoms with Crippen LogP contribution in [0, 0.1) is 0 Å². The summed E-state index contributed by atoms with van der Waals surface area (Å²) in [5.74, 6) is 0. The van der Waals surface area contributed by atoms with Crippen molar-refractivity contribution < 1.29 is 4.74 Å². The molecule has 1 aliphatic heterocycles. The number of hydrogen-bond acceptors (Lipinski definition) is 2. The first-order chi connectivity index (χ1) is 4.43. The van der Waals surface area contributed by atoms with Gasteiger partial charge in [0.2, 0.25) is 7.41 Å². The second-order valence-corrected chi connectivity index (χ2v) is 2.45. The normalized spacial score (nSPS) is 21.9. The average molecular weight is 127 g/mol. The van der Waals surface area contributed by atoms with Crippen LogP contribution in [0.3, 0.4) is 0 Å². The minimum absolute atomic E-state index is 0.931. The summed E-state index contributed by atoms with van der Waals surface area (Å²) in [5, 5.41) is 0. The molecule has 0 N–H and O–H groups in total. The van der Waals surface area contributed by atoms with Crippen molar-refractivity contribution in [1.29, 1.82) is 0 Å². The van der Waals surface area contributed by atoms with E-state index in [1.807, 2.05) is 0 Å². The largest absolute Gasteiger partial charge is 0.379 e. The molecule has 0 aromatic heterocycles. The maximum Gasteiger partial charge on any atom is 0.204 e. The van der Waals surface area contributed by atoms with Crippen LogP contribution in [0.5, 0.6) is 0 Å². The molecular weight excluding hydrogens is 113 g/mol. The molecule has 0 spiro atoms. The van der Waals surface area contributed by atoms with Gasteiger partial charge in [-0.1, -0.05) is 13.2 Å². The van der Waals surface area contributed by atoms with E-state index in [1.54, 1.807) is 0 Å². The molecule has 0 aromatic rings. The second kappa shape index (κ2) is 3.91. The Morgan fingerprint density at radius 2 is 2.11 bits per heavy atom. The lowest BCUT2D eigenvalue weighted by Crippen LogP contribution is -2.38. The third kappa shape index (κ3) is 2.37. The van der Waals surface area contributed by atoms with Gasteiger partial charge in [-0.3, -0.25) is 0 Å². The Bertz CT molecular complexity index is 70.7. The molecule has 1 aliphatic rings. The fraction of sp³-hybridized carbons (Fsp3) is 1.00. The highest BCUT2D eigenvalue weighted by Gasteiger charge is 2.08. The van der Waals surface area contributed by atoms with Crippen LogP contribution in [-0.2, 0) is 4.74 Å². The van der Waals surface area contributed by atoms with Gasteiger partial charge < -0.3 is 9.55 Å². The standard InChI is InChI=1S/C6H14BNO/c1-2-7-8-3-5-9-6-4-8/h7H,2-6H2,1H3. The van der Waals surface area contributed by atoms with Crippen molar-refractivity contribution in [3.63, 3.8) is 0 Å². The molecule has 0 unspecified atom stereocenters. The van der Waals surface area contributed by atoms with Gasteiger partial charge in [0.05, 0.1) is 13.2 Å². The lowest BCUT2D eigenvalue weighted by Gasteiger charge is -2.25. The summed E-state index contributed by atoms with van der Waals surface area (Å²) in [6, 6.07) is 0. The van der Waals surface area contributed by atoms with Crippen molar-refractivity contribution in [2.45, 2.75) is 13.2 Å². The van der Waals surface area contributed by atoms with Crippen molar-refractivity contribution in [3.05, 3.63) is 0 Å². The van der Waals surface area contributed by atoms with Gasteiger partial charge in [0.15, 0.2) is 0 Å². The number of rotatable bonds is 2. The predicted molar refractivity (Wildman–Crippen MR) is 40.0 cm³/mol. The molecule has 0 bridgehead atoms. The second-order valence-electron chi connectivity index (χ2n) is 2.45. The van der Waals surface area contributed by atoms with Crippen LogP contribution in [0.15, 0.2) is 0 Å². The summed E-state index contributed by atoms with van der Waals surface area (Å²) in [6.07, 6.45) is 1.26. The van der Waals surface area contributed by atoms with Crippen molar-refractivity contribution in [2.75, 3.05) is 26.3 Å². The third-order valence-electron chi connectivity index (χ3n) is 1.64. The summed E-state index contributed by atoms with van der Waals surface area (Å²) in [5.41, 5.74) is 0. The average Bonchev–Trinajstić information content (AvgIpc) is 1.91. The Morgan fingerprint density at radius 1 is 1.44 bits per heavy atom. The van der Waals surface area contributed by atoms with Crippen molar-refractivity contribution in [2.24, 2.45) is 0 Å². The van der Waals surface area contributed by atoms with Crippen molar-refractivity contribution in [3.8, 4) is 0 Å². The molecule has 2 nitrogen and oxygen atoms in total. The summed E-state index contributed by atoms with van der Waals surface area (Å²) in [6.45, 7) is 6.34. The Labute approximate surface area is 57.4 Å². The van der Waals surface area contributed by atoms with Crippen LogP contribution >= 0.6 is 0 Å². The number of morpholine rings is 1. The zero-order chi connectivity index (χ0) is 6.53. The van der Waals surface area contributed by atoms with Gasteiger partial charge in [0.1, 0.15) is 0 Å². The molecule has 0 aromatic carbocycles. The van der Waals surface area contributed by atoms with Crippen LogP contribution < -0.4 is 0 Å². The molecule has 9 heavy (non-hydrogen) atoms. The monoisotopic (exact) mass is 127 g/mol. The molecule has 1 fully saturated rings.